The minimum Gasteiger partial charge on any atom is -0.313 e. The zero-order valence-electron chi connectivity index (χ0n) is 19.2. The molecule has 0 aliphatic rings. The number of benzene rings is 3. The molecule has 0 saturated heterocycles. The number of sulfonamides is 1. The quantitative estimate of drug-likeness (QED) is 0.315. The molecule has 1 heterocycles. The number of nitrogens with one attached hydrogen (secondary N) is 1. The van der Waals surface area contributed by atoms with Gasteiger partial charge in [0.1, 0.15) is 5.69 Å². The molecule has 0 radical (unpaired) electrons. The van der Waals surface area contributed by atoms with E-state index in [1.165, 1.54) is 17.4 Å². The Morgan fingerprint density at radius 1 is 1.06 bits per heavy atom. The summed E-state index contributed by atoms with van der Waals surface area (Å²) in [5.41, 5.74) is 2.83. The molecular formula is C26H21ClN4O3S2. The van der Waals surface area contributed by atoms with Gasteiger partial charge < -0.3 is 4.90 Å². The average Bonchev–Trinajstić information content (AvgIpc) is 3.24. The highest BCUT2D eigenvalue weighted by Crippen LogP contribution is 2.33. The molecule has 10 heteroatoms. The van der Waals surface area contributed by atoms with Crippen molar-refractivity contribution in [1.29, 1.82) is 5.26 Å². The molecule has 182 valence electrons. The highest BCUT2D eigenvalue weighted by Gasteiger charge is 2.24. The molecular weight excluding hydrogens is 516 g/mol. The van der Waals surface area contributed by atoms with Gasteiger partial charge in [-0.2, -0.15) is 5.26 Å². The van der Waals surface area contributed by atoms with E-state index < -0.39 is 15.9 Å². The van der Waals surface area contributed by atoms with E-state index in [0.29, 0.717) is 32.7 Å². The number of nitriles is 1. The lowest BCUT2D eigenvalue weighted by Gasteiger charge is -2.22. The van der Waals surface area contributed by atoms with Gasteiger partial charge in [-0.25, -0.2) is 18.1 Å². The number of hydrogen-bond donors (Lipinski definition) is 1. The van der Waals surface area contributed by atoms with Crippen LogP contribution in [0.2, 0.25) is 5.02 Å². The van der Waals surface area contributed by atoms with Gasteiger partial charge in [-0.05, 0) is 54.4 Å². The summed E-state index contributed by atoms with van der Waals surface area (Å²) in [6.45, 7) is 2.19. The van der Waals surface area contributed by atoms with Crippen LogP contribution in [0.4, 0.5) is 10.8 Å². The molecule has 1 amide bonds. The van der Waals surface area contributed by atoms with E-state index in [1.54, 1.807) is 37.3 Å². The van der Waals surface area contributed by atoms with E-state index in [2.05, 4.69) is 15.8 Å². The van der Waals surface area contributed by atoms with Gasteiger partial charge in [0.05, 0.1) is 23.9 Å². The standard InChI is InChI=1S/C26H21ClN4O3S2/c1-18-24(25(32)30-36(33,34)17-21-8-5-9-22(27)14-21)29-26(35-18)31(16-20-6-3-2-4-7-20)23-12-10-19(15-28)11-13-23/h2-14H,16-17H2,1H3,(H,30,32). The van der Waals surface area contributed by atoms with Crippen LogP contribution in [0.1, 0.15) is 32.1 Å². The summed E-state index contributed by atoms with van der Waals surface area (Å²) < 4.78 is 27.4. The maximum Gasteiger partial charge on any atom is 0.284 e. The van der Waals surface area contributed by atoms with Crippen molar-refractivity contribution >= 4 is 49.7 Å². The second kappa shape index (κ2) is 10.9. The SMILES string of the molecule is Cc1sc(N(Cc2ccccc2)c2ccc(C#N)cc2)nc1C(=O)NS(=O)(=O)Cc1cccc(Cl)c1. The molecule has 1 aromatic heterocycles. The number of anilines is 2. The molecule has 4 aromatic rings. The molecule has 0 bridgehead atoms. The van der Waals surface area contributed by atoms with E-state index in [1.807, 2.05) is 47.4 Å². The molecule has 0 unspecified atom stereocenters. The van der Waals surface area contributed by atoms with Crippen LogP contribution >= 0.6 is 22.9 Å². The monoisotopic (exact) mass is 536 g/mol. The molecule has 0 atom stereocenters. The van der Waals surface area contributed by atoms with E-state index in [0.717, 1.165) is 11.3 Å². The van der Waals surface area contributed by atoms with Crippen LogP contribution in [-0.4, -0.2) is 19.3 Å². The van der Waals surface area contributed by atoms with Crippen LogP contribution in [0.5, 0.6) is 0 Å². The highest BCUT2D eigenvalue weighted by atomic mass is 35.5. The summed E-state index contributed by atoms with van der Waals surface area (Å²) in [4.78, 5) is 19.9. The Morgan fingerprint density at radius 3 is 2.42 bits per heavy atom. The molecule has 0 fully saturated rings. The Bertz CT molecular complexity index is 1530. The lowest BCUT2D eigenvalue weighted by atomic mass is 10.2. The third-order valence-electron chi connectivity index (χ3n) is 5.22. The first kappa shape index (κ1) is 25.4. The van der Waals surface area contributed by atoms with E-state index >= 15 is 0 Å². The second-order valence-electron chi connectivity index (χ2n) is 7.95. The van der Waals surface area contributed by atoms with Crippen molar-refractivity contribution in [2.45, 2.75) is 19.2 Å². The fraction of sp³-hybridized carbons (Fsp3) is 0.115. The first-order valence-electron chi connectivity index (χ1n) is 10.8. The van der Waals surface area contributed by atoms with E-state index in [4.69, 9.17) is 16.9 Å². The zero-order chi connectivity index (χ0) is 25.7. The molecule has 4 rings (SSSR count). The van der Waals surface area contributed by atoms with Gasteiger partial charge in [0.25, 0.3) is 5.91 Å². The Labute approximate surface area is 218 Å². The molecule has 36 heavy (non-hydrogen) atoms. The number of carbonyl (C=O) groups is 1. The molecule has 1 N–H and O–H groups in total. The summed E-state index contributed by atoms with van der Waals surface area (Å²) in [5, 5.41) is 10.1. The Morgan fingerprint density at radius 2 is 1.75 bits per heavy atom. The normalized spacial score (nSPS) is 11.0. The summed E-state index contributed by atoms with van der Waals surface area (Å²) in [5.74, 6) is -1.18. The van der Waals surface area contributed by atoms with Crippen LogP contribution in [0.3, 0.4) is 0 Å². The molecule has 3 aromatic carbocycles. The first-order valence-corrected chi connectivity index (χ1v) is 13.7. The number of carbonyl (C=O) groups excluding carboxylic acids is 1. The number of halogens is 1. The molecule has 7 nitrogen and oxygen atoms in total. The summed E-state index contributed by atoms with van der Waals surface area (Å²) >= 11 is 7.23. The maximum atomic E-state index is 12.9. The van der Waals surface area contributed by atoms with Crippen molar-refractivity contribution in [3.63, 3.8) is 0 Å². The number of aromatic nitrogens is 1. The largest absolute Gasteiger partial charge is 0.313 e. The van der Waals surface area contributed by atoms with Crippen molar-refractivity contribution in [3.05, 3.63) is 111 Å². The summed E-state index contributed by atoms with van der Waals surface area (Å²) in [6.07, 6.45) is 0. The van der Waals surface area contributed by atoms with Gasteiger partial charge in [0, 0.05) is 15.6 Å². The number of rotatable bonds is 8. The maximum absolute atomic E-state index is 12.9. The second-order valence-corrected chi connectivity index (χ2v) is 11.3. The Hall–Kier alpha value is -3.71. The summed E-state index contributed by atoms with van der Waals surface area (Å²) in [7, 11) is -3.97. The number of hydrogen-bond acceptors (Lipinski definition) is 7. The van der Waals surface area contributed by atoms with Crippen LogP contribution in [-0.2, 0) is 22.3 Å². The fourth-order valence-corrected chi connectivity index (χ4v) is 5.74. The van der Waals surface area contributed by atoms with Gasteiger partial charge in [-0.1, -0.05) is 54.1 Å². The Balaban J connectivity index is 1.61. The van der Waals surface area contributed by atoms with Crippen molar-refractivity contribution in [2.24, 2.45) is 0 Å². The van der Waals surface area contributed by atoms with Crippen molar-refractivity contribution in [3.8, 4) is 6.07 Å². The number of thiazole rings is 1. The molecule has 0 aliphatic carbocycles. The van der Waals surface area contributed by atoms with Crippen LogP contribution in [0.15, 0.2) is 78.9 Å². The van der Waals surface area contributed by atoms with Crippen molar-refractivity contribution < 1.29 is 13.2 Å². The number of aryl methyl sites for hydroxylation is 1. The topological polar surface area (TPSA) is 103 Å². The molecule has 0 saturated carbocycles. The number of amides is 1. The third kappa shape index (κ3) is 6.29. The molecule has 0 spiro atoms. The predicted octanol–water partition coefficient (Wildman–Crippen LogP) is 5.57. The third-order valence-corrected chi connectivity index (χ3v) is 7.66. The van der Waals surface area contributed by atoms with Gasteiger partial charge in [0.2, 0.25) is 10.0 Å². The highest BCUT2D eigenvalue weighted by molar-refractivity contribution is 7.89. The van der Waals surface area contributed by atoms with Crippen LogP contribution < -0.4 is 9.62 Å². The smallest absolute Gasteiger partial charge is 0.284 e. The van der Waals surface area contributed by atoms with Crippen molar-refractivity contribution in [1.82, 2.24) is 9.71 Å². The first-order chi connectivity index (χ1) is 17.2. The fourth-order valence-electron chi connectivity index (χ4n) is 3.53. The van der Waals surface area contributed by atoms with E-state index in [-0.39, 0.29) is 11.4 Å². The van der Waals surface area contributed by atoms with Gasteiger partial charge in [-0.15, -0.1) is 11.3 Å². The summed E-state index contributed by atoms with van der Waals surface area (Å²) in [6, 6.07) is 25.4. The van der Waals surface area contributed by atoms with Gasteiger partial charge >= 0.3 is 0 Å². The zero-order valence-corrected chi connectivity index (χ0v) is 21.6. The Kier molecular flexibility index (Phi) is 7.70. The average molecular weight is 537 g/mol. The number of nitrogens with zero attached hydrogens (tertiary/aromatic N) is 3. The lowest BCUT2D eigenvalue weighted by molar-refractivity contribution is 0.0976. The van der Waals surface area contributed by atoms with Crippen molar-refractivity contribution in [2.75, 3.05) is 4.90 Å². The lowest BCUT2D eigenvalue weighted by Crippen LogP contribution is -2.32. The molecule has 0 aliphatic heterocycles. The van der Waals surface area contributed by atoms with Crippen LogP contribution in [0.25, 0.3) is 0 Å². The van der Waals surface area contributed by atoms with Gasteiger partial charge in [-0.3, -0.25) is 4.79 Å². The minimum absolute atomic E-state index is 0.0383. The van der Waals surface area contributed by atoms with E-state index in [9.17, 15) is 13.2 Å². The van der Waals surface area contributed by atoms with Gasteiger partial charge in [0.15, 0.2) is 5.13 Å². The predicted molar refractivity (Wildman–Crippen MR) is 142 cm³/mol. The van der Waals surface area contributed by atoms with Crippen LogP contribution in [0, 0.1) is 18.3 Å². The minimum atomic E-state index is -3.97.